The first-order valence-electron chi connectivity index (χ1n) is 10.1. The van der Waals surface area contributed by atoms with Crippen molar-refractivity contribution in [3.8, 4) is 0 Å². The molecule has 0 aromatic carbocycles. The summed E-state index contributed by atoms with van der Waals surface area (Å²) in [5.74, 6) is 2.14. The predicted molar refractivity (Wildman–Crippen MR) is 91.4 cm³/mol. The lowest BCUT2D eigenvalue weighted by Crippen LogP contribution is -2.58. The second-order valence-corrected chi connectivity index (χ2v) is 10.3. The summed E-state index contributed by atoms with van der Waals surface area (Å²) in [5.41, 5.74) is 0.828. The van der Waals surface area contributed by atoms with Crippen LogP contribution in [0.4, 0.5) is 0 Å². The van der Waals surface area contributed by atoms with Crippen LogP contribution < -0.4 is 0 Å². The van der Waals surface area contributed by atoms with Crippen molar-refractivity contribution >= 4 is 5.97 Å². The number of fused-ring (bicyclic) bond motifs is 4. The largest absolute Gasteiger partial charge is 0.469 e. The van der Waals surface area contributed by atoms with Crippen molar-refractivity contribution in [3.63, 3.8) is 0 Å². The Hall–Kier alpha value is -0.570. The maximum Gasteiger partial charge on any atom is 0.311 e. The summed E-state index contributed by atoms with van der Waals surface area (Å²) in [6, 6.07) is 0. The number of carbonyl (C=O) groups is 1. The molecule has 3 heteroatoms. The van der Waals surface area contributed by atoms with Gasteiger partial charge in [0, 0.05) is 0 Å². The Bertz CT molecular complexity index is 582. The molecule has 24 heavy (non-hydrogen) atoms. The summed E-state index contributed by atoms with van der Waals surface area (Å²) in [4.78, 5) is 12.7. The first-order chi connectivity index (χ1) is 11.4. The minimum atomic E-state index is -0.271. The Morgan fingerprint density at radius 1 is 1.08 bits per heavy atom. The minimum absolute atomic E-state index is 0.0384. The van der Waals surface area contributed by atoms with E-state index in [9.17, 15) is 4.79 Å². The zero-order valence-electron chi connectivity index (χ0n) is 15.5. The average molecular weight is 332 g/mol. The molecule has 1 heterocycles. The van der Waals surface area contributed by atoms with Gasteiger partial charge >= 0.3 is 5.97 Å². The smallest absolute Gasteiger partial charge is 0.311 e. The van der Waals surface area contributed by atoms with Gasteiger partial charge in [0.25, 0.3) is 0 Å². The Morgan fingerprint density at radius 2 is 1.88 bits per heavy atom. The second-order valence-electron chi connectivity index (χ2n) is 10.3. The van der Waals surface area contributed by atoms with Crippen LogP contribution in [0.2, 0.25) is 0 Å². The van der Waals surface area contributed by atoms with E-state index in [1.807, 2.05) is 0 Å². The number of hydrogen-bond acceptors (Lipinski definition) is 3. The van der Waals surface area contributed by atoms with Crippen molar-refractivity contribution in [1.82, 2.24) is 0 Å². The van der Waals surface area contributed by atoms with Gasteiger partial charge in [-0.3, -0.25) is 4.79 Å². The van der Waals surface area contributed by atoms with Crippen molar-refractivity contribution in [3.05, 3.63) is 0 Å². The second kappa shape index (κ2) is 4.58. The highest BCUT2D eigenvalue weighted by molar-refractivity contribution is 5.77. The van der Waals surface area contributed by atoms with Crippen LogP contribution in [0.5, 0.6) is 0 Å². The maximum atomic E-state index is 12.7. The molecule has 0 amide bonds. The van der Waals surface area contributed by atoms with Gasteiger partial charge in [0.1, 0.15) is 0 Å². The van der Waals surface area contributed by atoms with Gasteiger partial charge < -0.3 is 9.47 Å². The summed E-state index contributed by atoms with van der Waals surface area (Å²) >= 11 is 0. The molecule has 1 saturated heterocycles. The van der Waals surface area contributed by atoms with E-state index in [0.717, 1.165) is 24.9 Å². The summed E-state index contributed by atoms with van der Waals surface area (Å²) in [7, 11) is 1.57. The fourth-order valence-corrected chi connectivity index (χ4v) is 8.51. The molecule has 0 unspecified atom stereocenters. The first-order valence-corrected chi connectivity index (χ1v) is 10.1. The lowest BCUT2D eigenvalue weighted by atomic mass is 9.41. The topological polar surface area (TPSA) is 38.8 Å². The fraction of sp³-hybridized carbons (Fsp3) is 0.952. The number of esters is 1. The summed E-state index contributed by atoms with van der Waals surface area (Å²) < 4.78 is 11.3. The molecule has 0 N–H and O–H groups in total. The van der Waals surface area contributed by atoms with Crippen LogP contribution in [0.3, 0.4) is 0 Å². The van der Waals surface area contributed by atoms with Crippen molar-refractivity contribution in [1.29, 1.82) is 0 Å². The molecule has 7 atom stereocenters. The van der Waals surface area contributed by atoms with Crippen LogP contribution in [-0.2, 0) is 14.3 Å². The van der Waals surface area contributed by atoms with Crippen molar-refractivity contribution in [2.75, 3.05) is 13.7 Å². The monoisotopic (exact) mass is 332 g/mol. The third-order valence-corrected chi connectivity index (χ3v) is 9.46. The standard InChI is InChI=1S/C21H32O3/c1-18-8-4-9-19(2,17(22)23-3)15(18)7-10-20-11-14(5-6-16(18)20)21(12-20)13-24-21/h14-16H,4-13H2,1-3H3/t14-,15+,16+,18-,19-,20+,21+/m1/s1. The fourth-order valence-electron chi connectivity index (χ4n) is 8.51. The Labute approximate surface area is 145 Å². The number of ether oxygens (including phenoxy) is 2. The molecule has 2 bridgehead atoms. The van der Waals surface area contributed by atoms with Crippen molar-refractivity contribution in [2.45, 2.75) is 77.2 Å². The molecule has 134 valence electrons. The SMILES string of the molecule is COC(=O)[C@]1(C)CCC[C@@]2(C)[C@@H]3CC[C@@H]4C[C@@]3(CC[C@@H]21)C[C@]41CO1. The van der Waals surface area contributed by atoms with E-state index in [1.54, 1.807) is 7.11 Å². The molecule has 5 rings (SSSR count). The molecule has 0 aromatic heterocycles. The number of epoxide rings is 1. The number of hydrogen-bond donors (Lipinski definition) is 0. The molecular weight excluding hydrogens is 300 g/mol. The zero-order chi connectivity index (χ0) is 16.8. The van der Waals surface area contributed by atoms with E-state index in [0.29, 0.717) is 16.7 Å². The Balaban J connectivity index is 1.53. The molecule has 2 spiro atoms. The normalized spacial score (nSPS) is 58.0. The van der Waals surface area contributed by atoms with E-state index >= 15 is 0 Å². The first kappa shape index (κ1) is 15.7. The number of methoxy groups -OCH3 is 1. The van der Waals surface area contributed by atoms with Crippen molar-refractivity contribution in [2.24, 2.45) is 34.0 Å². The lowest BCUT2D eigenvalue weighted by molar-refractivity contribution is -0.183. The molecule has 5 fully saturated rings. The zero-order valence-corrected chi connectivity index (χ0v) is 15.5. The highest BCUT2D eigenvalue weighted by atomic mass is 16.6. The Kier molecular flexibility index (Phi) is 2.99. The molecule has 4 saturated carbocycles. The van der Waals surface area contributed by atoms with Crippen LogP contribution in [0.1, 0.15) is 71.6 Å². The summed E-state index contributed by atoms with van der Waals surface area (Å²) in [6.07, 6.45) is 11.4. The molecule has 3 nitrogen and oxygen atoms in total. The summed E-state index contributed by atoms with van der Waals surface area (Å²) in [6.45, 7) is 5.75. The van der Waals surface area contributed by atoms with E-state index < -0.39 is 0 Å². The highest BCUT2D eigenvalue weighted by Gasteiger charge is 2.71. The summed E-state index contributed by atoms with van der Waals surface area (Å²) in [5, 5.41) is 0. The lowest BCUT2D eigenvalue weighted by Gasteiger charge is -2.63. The Morgan fingerprint density at radius 3 is 2.58 bits per heavy atom. The molecule has 0 aromatic rings. The molecule has 4 aliphatic carbocycles. The van der Waals surface area contributed by atoms with Crippen molar-refractivity contribution < 1.29 is 14.3 Å². The average Bonchev–Trinajstić information content (AvgIpc) is 3.29. The van der Waals surface area contributed by atoms with Gasteiger partial charge in [0.05, 0.1) is 24.7 Å². The molecule has 1 aliphatic heterocycles. The van der Waals surface area contributed by atoms with Crippen LogP contribution >= 0.6 is 0 Å². The van der Waals surface area contributed by atoms with E-state index in [1.165, 1.54) is 51.4 Å². The van der Waals surface area contributed by atoms with Crippen LogP contribution in [0.25, 0.3) is 0 Å². The van der Waals surface area contributed by atoms with Gasteiger partial charge in [-0.1, -0.05) is 13.3 Å². The van der Waals surface area contributed by atoms with E-state index in [4.69, 9.17) is 9.47 Å². The van der Waals surface area contributed by atoms with Crippen LogP contribution in [0, 0.1) is 34.0 Å². The number of carbonyl (C=O) groups excluding carboxylic acids is 1. The number of rotatable bonds is 1. The molecular formula is C21H32O3. The quantitative estimate of drug-likeness (QED) is 0.529. The van der Waals surface area contributed by atoms with E-state index in [2.05, 4.69) is 13.8 Å². The van der Waals surface area contributed by atoms with Crippen LogP contribution in [-0.4, -0.2) is 25.3 Å². The van der Waals surface area contributed by atoms with Gasteiger partial charge in [-0.05, 0) is 86.9 Å². The third-order valence-electron chi connectivity index (χ3n) is 9.46. The predicted octanol–water partition coefficient (Wildman–Crippen LogP) is 4.34. The minimum Gasteiger partial charge on any atom is -0.469 e. The van der Waals surface area contributed by atoms with Gasteiger partial charge in [-0.25, -0.2) is 0 Å². The van der Waals surface area contributed by atoms with Gasteiger partial charge in [0.2, 0.25) is 0 Å². The van der Waals surface area contributed by atoms with Gasteiger partial charge in [-0.15, -0.1) is 0 Å². The van der Waals surface area contributed by atoms with Gasteiger partial charge in [0.15, 0.2) is 0 Å². The van der Waals surface area contributed by atoms with Crippen LogP contribution in [0.15, 0.2) is 0 Å². The van der Waals surface area contributed by atoms with E-state index in [-0.39, 0.29) is 17.0 Å². The maximum absolute atomic E-state index is 12.7. The van der Waals surface area contributed by atoms with Gasteiger partial charge in [-0.2, -0.15) is 0 Å². The third kappa shape index (κ3) is 1.70. The molecule has 5 aliphatic rings. The highest BCUT2D eigenvalue weighted by Crippen LogP contribution is 2.75. The molecule has 0 radical (unpaired) electrons.